The summed E-state index contributed by atoms with van der Waals surface area (Å²) in [5, 5.41) is 10.3. The molecular weight excluding hydrogens is 238 g/mol. The molecule has 1 heterocycles. The maximum absolute atomic E-state index is 10.3. The number of aryl methyl sites for hydroxylation is 1. The van der Waals surface area contributed by atoms with Gasteiger partial charge in [-0.1, -0.05) is 29.8 Å². The zero-order valence-electron chi connectivity index (χ0n) is 11.5. The van der Waals surface area contributed by atoms with E-state index >= 15 is 0 Å². The lowest BCUT2D eigenvalue weighted by Crippen LogP contribution is -2.07. The van der Waals surface area contributed by atoms with Crippen LogP contribution in [0.4, 0.5) is 0 Å². The summed E-state index contributed by atoms with van der Waals surface area (Å²) in [4.78, 5) is 4.12. The van der Waals surface area contributed by atoms with E-state index in [0.717, 1.165) is 11.1 Å². The van der Waals surface area contributed by atoms with E-state index < -0.39 is 6.10 Å². The van der Waals surface area contributed by atoms with E-state index in [1.54, 1.807) is 12.4 Å². The number of ether oxygens (including phenoxy) is 1. The Kier molecular flexibility index (Phi) is 4.17. The molecule has 0 bridgehead atoms. The van der Waals surface area contributed by atoms with Crippen molar-refractivity contribution in [3.63, 3.8) is 0 Å². The summed E-state index contributed by atoms with van der Waals surface area (Å²) in [6.07, 6.45) is 2.74. The largest absolute Gasteiger partial charge is 0.489 e. The Morgan fingerprint density at radius 1 is 1.05 bits per heavy atom. The van der Waals surface area contributed by atoms with Crippen LogP contribution in [-0.2, 0) is 0 Å². The highest BCUT2D eigenvalue weighted by Crippen LogP contribution is 2.24. The number of aliphatic hydroxyl groups is 1. The highest BCUT2D eigenvalue weighted by molar-refractivity contribution is 5.33. The molecule has 3 heteroatoms. The van der Waals surface area contributed by atoms with Crippen molar-refractivity contribution in [2.75, 3.05) is 0 Å². The van der Waals surface area contributed by atoms with E-state index in [0.29, 0.717) is 5.75 Å². The molecule has 19 heavy (non-hydrogen) atoms. The van der Waals surface area contributed by atoms with Crippen LogP contribution < -0.4 is 4.74 Å². The van der Waals surface area contributed by atoms with Crippen LogP contribution in [0.25, 0.3) is 0 Å². The van der Waals surface area contributed by atoms with Crippen LogP contribution in [0.2, 0.25) is 0 Å². The molecule has 0 spiro atoms. The number of aromatic nitrogens is 1. The zero-order valence-corrected chi connectivity index (χ0v) is 11.5. The van der Waals surface area contributed by atoms with Gasteiger partial charge in [0.15, 0.2) is 0 Å². The van der Waals surface area contributed by atoms with Gasteiger partial charge in [0.25, 0.3) is 0 Å². The van der Waals surface area contributed by atoms with Gasteiger partial charge in [0.2, 0.25) is 0 Å². The highest BCUT2D eigenvalue weighted by atomic mass is 16.5. The minimum absolute atomic E-state index is 0.0913. The van der Waals surface area contributed by atoms with E-state index in [-0.39, 0.29) is 6.10 Å². The van der Waals surface area contributed by atoms with Crippen LogP contribution in [0.15, 0.2) is 42.7 Å². The molecule has 0 amide bonds. The maximum atomic E-state index is 10.3. The predicted octanol–water partition coefficient (Wildman–Crippen LogP) is 3.26. The number of rotatable bonds is 4. The van der Waals surface area contributed by atoms with Crippen LogP contribution in [0.3, 0.4) is 0 Å². The van der Waals surface area contributed by atoms with Crippen molar-refractivity contribution >= 4 is 0 Å². The van der Waals surface area contributed by atoms with Gasteiger partial charge in [0.1, 0.15) is 11.9 Å². The van der Waals surface area contributed by atoms with Gasteiger partial charge in [-0.2, -0.15) is 0 Å². The summed E-state index contributed by atoms with van der Waals surface area (Å²) >= 11 is 0. The molecule has 0 saturated heterocycles. The Balaban J connectivity index is 2.23. The second-order valence-corrected chi connectivity index (χ2v) is 4.93. The van der Waals surface area contributed by atoms with Gasteiger partial charge in [0, 0.05) is 11.8 Å². The topological polar surface area (TPSA) is 42.4 Å². The number of nitrogens with zero attached hydrogens (tertiary/aromatic N) is 1. The van der Waals surface area contributed by atoms with Crippen LogP contribution in [-0.4, -0.2) is 16.2 Å². The normalized spacial score (nSPS) is 12.5. The van der Waals surface area contributed by atoms with Crippen molar-refractivity contribution < 1.29 is 9.84 Å². The third-order valence-corrected chi connectivity index (χ3v) is 2.81. The Hall–Kier alpha value is -1.87. The number of hydrogen-bond donors (Lipinski definition) is 1. The average molecular weight is 257 g/mol. The molecule has 1 unspecified atom stereocenters. The van der Waals surface area contributed by atoms with Crippen LogP contribution in [0, 0.1) is 6.92 Å². The summed E-state index contributed by atoms with van der Waals surface area (Å²) in [6, 6.07) is 9.66. The number of pyridine rings is 1. The molecule has 0 fully saturated rings. The first-order valence-electron chi connectivity index (χ1n) is 6.42. The van der Waals surface area contributed by atoms with Crippen molar-refractivity contribution in [3.8, 4) is 5.75 Å². The van der Waals surface area contributed by atoms with Crippen LogP contribution in [0.5, 0.6) is 5.75 Å². The molecule has 1 atom stereocenters. The van der Waals surface area contributed by atoms with E-state index in [1.807, 2.05) is 51.1 Å². The molecule has 0 radical (unpaired) electrons. The first kappa shape index (κ1) is 13.6. The van der Waals surface area contributed by atoms with Gasteiger partial charge in [0.05, 0.1) is 12.3 Å². The molecule has 2 rings (SSSR count). The molecular formula is C16H19NO2. The average Bonchev–Trinajstić information content (AvgIpc) is 2.38. The minimum Gasteiger partial charge on any atom is -0.489 e. The van der Waals surface area contributed by atoms with E-state index in [4.69, 9.17) is 4.74 Å². The first-order chi connectivity index (χ1) is 9.06. The van der Waals surface area contributed by atoms with Crippen molar-refractivity contribution in [1.29, 1.82) is 0 Å². The SMILES string of the molecule is Cc1ccc(C(O)c2cncc(OC(C)C)c2)cc1. The molecule has 1 N–H and O–H groups in total. The third-order valence-electron chi connectivity index (χ3n) is 2.81. The van der Waals surface area contributed by atoms with Gasteiger partial charge in [-0.25, -0.2) is 0 Å². The maximum Gasteiger partial charge on any atom is 0.138 e. The van der Waals surface area contributed by atoms with E-state index in [1.165, 1.54) is 5.56 Å². The van der Waals surface area contributed by atoms with Gasteiger partial charge in [-0.05, 0) is 32.4 Å². The first-order valence-corrected chi connectivity index (χ1v) is 6.42. The Bertz CT molecular complexity index is 535. The second-order valence-electron chi connectivity index (χ2n) is 4.93. The fourth-order valence-electron chi connectivity index (χ4n) is 1.86. The molecule has 0 aliphatic heterocycles. The fraction of sp³-hybridized carbons (Fsp3) is 0.312. The monoisotopic (exact) mass is 257 g/mol. The summed E-state index contributed by atoms with van der Waals surface area (Å²) in [5.74, 6) is 0.679. The molecule has 0 aliphatic rings. The predicted molar refractivity (Wildman–Crippen MR) is 75.2 cm³/mol. The Labute approximate surface area is 113 Å². The minimum atomic E-state index is -0.677. The zero-order chi connectivity index (χ0) is 13.8. The van der Waals surface area contributed by atoms with Crippen LogP contribution in [0.1, 0.15) is 36.6 Å². The lowest BCUT2D eigenvalue weighted by Gasteiger charge is -2.14. The quantitative estimate of drug-likeness (QED) is 0.914. The summed E-state index contributed by atoms with van der Waals surface area (Å²) < 4.78 is 5.59. The number of benzene rings is 1. The Morgan fingerprint density at radius 2 is 1.74 bits per heavy atom. The number of aliphatic hydroxyl groups excluding tert-OH is 1. The summed E-state index contributed by atoms with van der Waals surface area (Å²) in [5.41, 5.74) is 2.77. The van der Waals surface area contributed by atoms with Gasteiger partial charge >= 0.3 is 0 Å². The second kappa shape index (κ2) is 5.85. The molecule has 100 valence electrons. The van der Waals surface area contributed by atoms with Gasteiger partial charge in [-0.3, -0.25) is 4.98 Å². The highest BCUT2D eigenvalue weighted by Gasteiger charge is 2.12. The molecule has 0 aliphatic carbocycles. The van der Waals surface area contributed by atoms with Gasteiger partial charge in [-0.15, -0.1) is 0 Å². The van der Waals surface area contributed by atoms with E-state index in [2.05, 4.69) is 4.98 Å². The Morgan fingerprint density at radius 3 is 2.37 bits per heavy atom. The third kappa shape index (κ3) is 3.55. The molecule has 1 aromatic carbocycles. The molecule has 3 nitrogen and oxygen atoms in total. The summed E-state index contributed by atoms with van der Waals surface area (Å²) in [7, 11) is 0. The van der Waals surface area contributed by atoms with Crippen molar-refractivity contribution in [2.45, 2.75) is 33.0 Å². The molecule has 2 aromatic rings. The standard InChI is InChI=1S/C16H19NO2/c1-11(2)19-15-8-14(9-17-10-15)16(18)13-6-4-12(3)5-7-13/h4-11,16,18H,1-3H3. The van der Waals surface area contributed by atoms with Gasteiger partial charge < -0.3 is 9.84 Å². The number of hydrogen-bond acceptors (Lipinski definition) is 3. The fourth-order valence-corrected chi connectivity index (χ4v) is 1.86. The summed E-state index contributed by atoms with van der Waals surface area (Å²) in [6.45, 7) is 5.95. The smallest absolute Gasteiger partial charge is 0.138 e. The molecule has 0 saturated carbocycles. The van der Waals surface area contributed by atoms with Crippen LogP contribution >= 0.6 is 0 Å². The van der Waals surface area contributed by atoms with Crippen molar-refractivity contribution in [3.05, 3.63) is 59.4 Å². The van der Waals surface area contributed by atoms with Crippen molar-refractivity contribution in [2.24, 2.45) is 0 Å². The molecule has 1 aromatic heterocycles. The van der Waals surface area contributed by atoms with Crippen molar-refractivity contribution in [1.82, 2.24) is 4.98 Å². The lowest BCUT2D eigenvalue weighted by atomic mass is 10.0. The lowest BCUT2D eigenvalue weighted by molar-refractivity contribution is 0.215. The van der Waals surface area contributed by atoms with E-state index in [9.17, 15) is 5.11 Å².